The molecule has 0 aliphatic carbocycles. The normalized spacial score (nSPS) is 17.4. The highest BCUT2D eigenvalue weighted by Gasteiger charge is 2.25. The van der Waals surface area contributed by atoms with Gasteiger partial charge in [-0.15, -0.1) is 0 Å². The molecule has 7 heteroatoms. The van der Waals surface area contributed by atoms with E-state index in [1.807, 2.05) is 25.1 Å². The first-order chi connectivity index (χ1) is 12.0. The lowest BCUT2D eigenvalue weighted by molar-refractivity contribution is -0.127. The number of guanidine groups is 1. The minimum Gasteiger partial charge on any atom is -0.495 e. The molecule has 1 aromatic rings. The summed E-state index contributed by atoms with van der Waals surface area (Å²) >= 11 is 0. The number of carbonyl (C=O) groups is 1. The number of carbonyl (C=O) groups excluding carboxylic acids is 1. The summed E-state index contributed by atoms with van der Waals surface area (Å²) in [6, 6.07) is 8.34. The number of benzene rings is 1. The summed E-state index contributed by atoms with van der Waals surface area (Å²) in [5, 5.41) is 6.64. The lowest BCUT2D eigenvalue weighted by Gasteiger charge is -2.22. The van der Waals surface area contributed by atoms with E-state index in [0.717, 1.165) is 37.5 Å². The molecule has 1 aliphatic heterocycles. The predicted octanol–water partition coefficient (Wildman–Crippen LogP) is 0.917. The fourth-order valence-electron chi connectivity index (χ4n) is 2.79. The standard InChI is InChI=1S/C18H29N5O2/c1-5-19-18(20-12-17(24)22(2)3)21-14-10-11-23(13-14)15-8-6-7-9-16(15)25-4/h6-9,14H,5,10-13H2,1-4H3,(H2,19,20,21). The Hall–Kier alpha value is -2.44. The van der Waals surface area contributed by atoms with Gasteiger partial charge in [0.2, 0.25) is 5.91 Å². The van der Waals surface area contributed by atoms with Crippen LogP contribution >= 0.6 is 0 Å². The van der Waals surface area contributed by atoms with Gasteiger partial charge < -0.3 is 25.2 Å². The zero-order valence-corrected chi connectivity index (χ0v) is 15.6. The van der Waals surface area contributed by atoms with Crippen molar-refractivity contribution in [2.75, 3.05) is 52.3 Å². The maximum atomic E-state index is 11.7. The quantitative estimate of drug-likeness (QED) is 0.592. The van der Waals surface area contributed by atoms with Crippen LogP contribution in [0.15, 0.2) is 29.3 Å². The molecule has 1 atom stereocenters. The third-order valence-corrected chi connectivity index (χ3v) is 4.17. The Bertz CT molecular complexity index is 603. The Morgan fingerprint density at radius 2 is 2.16 bits per heavy atom. The molecule has 1 heterocycles. The molecule has 25 heavy (non-hydrogen) atoms. The van der Waals surface area contributed by atoms with Crippen molar-refractivity contribution in [1.82, 2.24) is 15.5 Å². The zero-order chi connectivity index (χ0) is 18.2. The van der Waals surface area contributed by atoms with Gasteiger partial charge in [-0.25, -0.2) is 4.99 Å². The largest absolute Gasteiger partial charge is 0.495 e. The first-order valence-corrected chi connectivity index (χ1v) is 8.68. The second kappa shape index (κ2) is 9.15. The second-order valence-electron chi connectivity index (χ2n) is 6.23. The third kappa shape index (κ3) is 5.27. The van der Waals surface area contributed by atoms with Crippen LogP contribution in [0.5, 0.6) is 5.75 Å². The molecule has 0 spiro atoms. The third-order valence-electron chi connectivity index (χ3n) is 4.17. The first-order valence-electron chi connectivity index (χ1n) is 8.68. The number of para-hydroxylation sites is 2. The van der Waals surface area contributed by atoms with Crippen molar-refractivity contribution >= 4 is 17.6 Å². The van der Waals surface area contributed by atoms with Crippen molar-refractivity contribution in [3.05, 3.63) is 24.3 Å². The maximum absolute atomic E-state index is 11.7. The van der Waals surface area contributed by atoms with E-state index in [2.05, 4.69) is 26.6 Å². The van der Waals surface area contributed by atoms with Crippen molar-refractivity contribution in [2.24, 2.45) is 4.99 Å². The molecule has 1 aliphatic rings. The average molecular weight is 347 g/mol. The van der Waals surface area contributed by atoms with E-state index in [1.165, 1.54) is 0 Å². The van der Waals surface area contributed by atoms with E-state index >= 15 is 0 Å². The Labute approximate surface area is 150 Å². The summed E-state index contributed by atoms with van der Waals surface area (Å²) in [6.45, 7) is 4.73. The lowest BCUT2D eigenvalue weighted by Crippen LogP contribution is -2.45. The smallest absolute Gasteiger partial charge is 0.243 e. The van der Waals surface area contributed by atoms with E-state index in [1.54, 1.807) is 26.1 Å². The molecule has 1 fully saturated rings. The monoisotopic (exact) mass is 347 g/mol. The molecule has 2 rings (SSSR count). The number of nitrogens with one attached hydrogen (secondary N) is 2. The van der Waals surface area contributed by atoms with Crippen LogP contribution in [-0.4, -0.2) is 70.2 Å². The molecule has 0 radical (unpaired) electrons. The fraction of sp³-hybridized carbons (Fsp3) is 0.556. The van der Waals surface area contributed by atoms with Gasteiger partial charge in [0, 0.05) is 39.8 Å². The molecule has 0 aromatic heterocycles. The maximum Gasteiger partial charge on any atom is 0.243 e. The summed E-state index contributed by atoms with van der Waals surface area (Å²) in [5.74, 6) is 1.56. The molecule has 1 saturated heterocycles. The molecular weight excluding hydrogens is 318 g/mol. The molecule has 1 aromatic carbocycles. The van der Waals surface area contributed by atoms with Crippen LogP contribution < -0.4 is 20.3 Å². The van der Waals surface area contributed by atoms with Crippen LogP contribution in [0.2, 0.25) is 0 Å². The average Bonchev–Trinajstić information content (AvgIpc) is 3.07. The van der Waals surface area contributed by atoms with Crippen LogP contribution in [-0.2, 0) is 4.79 Å². The van der Waals surface area contributed by atoms with Crippen LogP contribution in [0.3, 0.4) is 0 Å². The van der Waals surface area contributed by atoms with Crippen LogP contribution in [0.1, 0.15) is 13.3 Å². The highest BCUT2D eigenvalue weighted by atomic mass is 16.5. The molecule has 2 N–H and O–H groups in total. The molecular formula is C18H29N5O2. The van der Waals surface area contributed by atoms with Crippen LogP contribution in [0.4, 0.5) is 5.69 Å². The molecule has 0 saturated carbocycles. The number of hydrogen-bond acceptors (Lipinski definition) is 4. The number of anilines is 1. The van der Waals surface area contributed by atoms with Gasteiger partial charge in [-0.2, -0.15) is 0 Å². The van der Waals surface area contributed by atoms with Crippen LogP contribution in [0.25, 0.3) is 0 Å². The second-order valence-corrected chi connectivity index (χ2v) is 6.23. The van der Waals surface area contributed by atoms with Crippen molar-refractivity contribution < 1.29 is 9.53 Å². The number of nitrogens with zero attached hydrogens (tertiary/aromatic N) is 3. The minimum atomic E-state index is -0.0146. The molecule has 1 unspecified atom stereocenters. The molecule has 7 nitrogen and oxygen atoms in total. The van der Waals surface area contributed by atoms with Gasteiger partial charge in [0.25, 0.3) is 0 Å². The fourth-order valence-corrected chi connectivity index (χ4v) is 2.79. The van der Waals surface area contributed by atoms with E-state index < -0.39 is 0 Å². The summed E-state index contributed by atoms with van der Waals surface area (Å²) in [6.07, 6.45) is 1.00. The van der Waals surface area contributed by atoms with E-state index in [-0.39, 0.29) is 18.5 Å². The number of hydrogen-bond donors (Lipinski definition) is 2. The molecule has 0 bridgehead atoms. The summed E-state index contributed by atoms with van der Waals surface area (Å²) < 4.78 is 5.46. The van der Waals surface area contributed by atoms with E-state index in [9.17, 15) is 4.79 Å². The first kappa shape index (κ1) is 18.9. The van der Waals surface area contributed by atoms with Crippen molar-refractivity contribution in [3.63, 3.8) is 0 Å². The number of ether oxygens (including phenoxy) is 1. The van der Waals surface area contributed by atoms with E-state index in [0.29, 0.717) is 5.96 Å². The molecule has 138 valence electrons. The summed E-state index contributed by atoms with van der Waals surface area (Å²) in [4.78, 5) is 20.0. The highest BCUT2D eigenvalue weighted by Crippen LogP contribution is 2.30. The van der Waals surface area contributed by atoms with Gasteiger partial charge in [0.1, 0.15) is 12.3 Å². The molecule has 1 amide bonds. The van der Waals surface area contributed by atoms with Gasteiger partial charge in [-0.1, -0.05) is 12.1 Å². The number of rotatable bonds is 6. The minimum absolute atomic E-state index is 0.0146. The predicted molar refractivity (Wildman–Crippen MR) is 101 cm³/mol. The topological polar surface area (TPSA) is 69.2 Å². The Kier molecular flexibility index (Phi) is 6.91. The van der Waals surface area contributed by atoms with Crippen molar-refractivity contribution in [2.45, 2.75) is 19.4 Å². The van der Waals surface area contributed by atoms with Gasteiger partial charge >= 0.3 is 0 Å². The number of likely N-dealkylation sites (N-methyl/N-ethyl adjacent to an activating group) is 1. The van der Waals surface area contributed by atoms with Crippen molar-refractivity contribution in [3.8, 4) is 5.75 Å². The van der Waals surface area contributed by atoms with Gasteiger partial charge in [-0.05, 0) is 25.5 Å². The lowest BCUT2D eigenvalue weighted by atomic mass is 10.2. The Balaban J connectivity index is 1.97. The van der Waals surface area contributed by atoms with Gasteiger partial charge in [-0.3, -0.25) is 4.79 Å². The van der Waals surface area contributed by atoms with E-state index in [4.69, 9.17) is 4.74 Å². The zero-order valence-electron chi connectivity index (χ0n) is 15.6. The van der Waals surface area contributed by atoms with Crippen molar-refractivity contribution in [1.29, 1.82) is 0 Å². The van der Waals surface area contributed by atoms with Gasteiger partial charge in [0.15, 0.2) is 5.96 Å². The Morgan fingerprint density at radius 3 is 2.84 bits per heavy atom. The summed E-state index contributed by atoms with van der Waals surface area (Å²) in [5.41, 5.74) is 1.11. The Morgan fingerprint density at radius 1 is 1.40 bits per heavy atom. The number of methoxy groups -OCH3 is 1. The summed E-state index contributed by atoms with van der Waals surface area (Å²) in [7, 11) is 5.17. The SMILES string of the molecule is CCNC(=NCC(=O)N(C)C)NC1CCN(c2ccccc2OC)C1. The van der Waals surface area contributed by atoms with Gasteiger partial charge in [0.05, 0.1) is 12.8 Å². The van der Waals surface area contributed by atoms with Crippen LogP contribution in [0, 0.1) is 0 Å². The number of amides is 1. The number of aliphatic imine (C=N–C) groups is 1. The highest BCUT2D eigenvalue weighted by molar-refractivity contribution is 5.85.